The van der Waals surface area contributed by atoms with Gasteiger partial charge >= 0.3 is 5.97 Å². The molecule has 0 bridgehead atoms. The second-order valence-electron chi connectivity index (χ2n) is 2.33. The largest absolute Gasteiger partial charge is 0.481 e. The van der Waals surface area contributed by atoms with Gasteiger partial charge in [0.05, 0.1) is 12.0 Å². The highest BCUT2D eigenvalue weighted by atomic mass is 16.4. The summed E-state index contributed by atoms with van der Waals surface area (Å²) in [6.07, 6.45) is 0.303. The number of aliphatic hydroxyl groups excluding tert-OH is 1. The number of hydrogen-bond acceptors (Lipinski definition) is 2. The van der Waals surface area contributed by atoms with Gasteiger partial charge in [-0.25, -0.2) is 0 Å². The van der Waals surface area contributed by atoms with Gasteiger partial charge in [-0.1, -0.05) is 13.8 Å². The smallest absolute Gasteiger partial charge is 0.309 e. The van der Waals surface area contributed by atoms with Crippen LogP contribution in [-0.4, -0.2) is 22.3 Å². The fraction of sp³-hybridized carbons (Fsp3) is 0.857. The molecular weight excluding hydrogens is 132 g/mol. The zero-order chi connectivity index (χ0) is 8.15. The van der Waals surface area contributed by atoms with Gasteiger partial charge in [-0.3, -0.25) is 4.79 Å². The minimum absolute atomic E-state index is 0.490. The van der Waals surface area contributed by atoms with Crippen molar-refractivity contribution < 1.29 is 15.0 Å². The van der Waals surface area contributed by atoms with Crippen molar-refractivity contribution in [3.05, 3.63) is 0 Å². The van der Waals surface area contributed by atoms with Crippen molar-refractivity contribution in [2.24, 2.45) is 5.92 Å². The van der Waals surface area contributed by atoms with Crippen molar-refractivity contribution in [1.82, 2.24) is 0 Å². The van der Waals surface area contributed by atoms with Crippen LogP contribution < -0.4 is 0 Å². The molecule has 0 saturated carbocycles. The molecule has 0 spiro atoms. The van der Waals surface area contributed by atoms with Crippen molar-refractivity contribution in [2.45, 2.75) is 32.8 Å². The van der Waals surface area contributed by atoms with Crippen LogP contribution in [0.5, 0.6) is 0 Å². The van der Waals surface area contributed by atoms with E-state index in [1.54, 1.807) is 13.8 Å². The lowest BCUT2D eigenvalue weighted by molar-refractivity contribution is -0.145. The Balaban J connectivity index is 3.92. The molecule has 60 valence electrons. The van der Waals surface area contributed by atoms with E-state index in [2.05, 4.69) is 0 Å². The van der Waals surface area contributed by atoms with Gasteiger partial charge in [-0.2, -0.15) is 0 Å². The normalized spacial score (nSPS) is 16.3. The SMILES string of the molecule is CCC(O)C(CC)C(=O)O. The molecule has 0 aromatic rings. The molecule has 3 heteroatoms. The van der Waals surface area contributed by atoms with Gasteiger partial charge in [0, 0.05) is 0 Å². The molecule has 10 heavy (non-hydrogen) atoms. The average molecular weight is 146 g/mol. The highest BCUT2D eigenvalue weighted by molar-refractivity contribution is 5.70. The van der Waals surface area contributed by atoms with E-state index in [0.29, 0.717) is 12.8 Å². The van der Waals surface area contributed by atoms with Crippen LogP contribution in [0, 0.1) is 5.92 Å². The van der Waals surface area contributed by atoms with Gasteiger partial charge in [0.1, 0.15) is 0 Å². The monoisotopic (exact) mass is 146 g/mol. The minimum atomic E-state index is -0.906. The molecule has 0 amide bonds. The molecule has 3 nitrogen and oxygen atoms in total. The molecule has 0 aliphatic rings. The fourth-order valence-corrected chi connectivity index (χ4v) is 0.896. The van der Waals surface area contributed by atoms with E-state index in [1.807, 2.05) is 0 Å². The Morgan fingerprint density at radius 3 is 2.00 bits per heavy atom. The van der Waals surface area contributed by atoms with Gasteiger partial charge in [0.25, 0.3) is 0 Å². The van der Waals surface area contributed by atoms with Crippen molar-refractivity contribution in [2.75, 3.05) is 0 Å². The Bertz CT molecular complexity index is 111. The number of aliphatic carboxylic acids is 1. The maximum absolute atomic E-state index is 10.4. The molecule has 2 atom stereocenters. The van der Waals surface area contributed by atoms with Crippen LogP contribution in [0.15, 0.2) is 0 Å². The summed E-state index contributed by atoms with van der Waals surface area (Å²) in [5.41, 5.74) is 0. The summed E-state index contributed by atoms with van der Waals surface area (Å²) in [7, 11) is 0. The molecule has 2 unspecified atom stereocenters. The van der Waals surface area contributed by atoms with Crippen molar-refractivity contribution in [3.8, 4) is 0 Å². The number of hydrogen-bond donors (Lipinski definition) is 2. The molecular formula is C7H14O3. The first-order valence-electron chi connectivity index (χ1n) is 3.54. The van der Waals surface area contributed by atoms with E-state index in [4.69, 9.17) is 10.2 Å². The number of rotatable bonds is 4. The quantitative estimate of drug-likeness (QED) is 0.618. The lowest BCUT2D eigenvalue weighted by atomic mass is 9.98. The molecule has 0 radical (unpaired) electrons. The van der Waals surface area contributed by atoms with Crippen LogP contribution in [-0.2, 0) is 4.79 Å². The van der Waals surface area contributed by atoms with E-state index in [9.17, 15) is 4.79 Å². The molecule has 0 heterocycles. The first-order chi connectivity index (χ1) is 4.63. The van der Waals surface area contributed by atoms with Gasteiger partial charge in [-0.15, -0.1) is 0 Å². The Hall–Kier alpha value is -0.570. The summed E-state index contributed by atoms with van der Waals surface area (Å²) in [4.78, 5) is 10.4. The molecule has 0 saturated heterocycles. The second kappa shape index (κ2) is 4.28. The molecule has 2 N–H and O–H groups in total. The molecule has 0 aromatic heterocycles. The average Bonchev–Trinajstić information content (AvgIpc) is 1.88. The Morgan fingerprint density at radius 2 is 1.90 bits per heavy atom. The van der Waals surface area contributed by atoms with E-state index in [1.165, 1.54) is 0 Å². The molecule has 0 fully saturated rings. The van der Waals surface area contributed by atoms with Crippen LogP contribution in [0.25, 0.3) is 0 Å². The van der Waals surface area contributed by atoms with Crippen molar-refractivity contribution in [1.29, 1.82) is 0 Å². The maximum Gasteiger partial charge on any atom is 0.309 e. The number of carboxylic acids is 1. The first-order valence-corrected chi connectivity index (χ1v) is 3.54. The van der Waals surface area contributed by atoms with Crippen LogP contribution in [0.1, 0.15) is 26.7 Å². The number of carbonyl (C=O) groups is 1. The standard InChI is InChI=1S/C7H14O3/c1-3-5(7(9)10)6(8)4-2/h5-6,8H,3-4H2,1-2H3,(H,9,10). The minimum Gasteiger partial charge on any atom is -0.481 e. The first kappa shape index (κ1) is 9.43. The summed E-state index contributed by atoms with van der Waals surface area (Å²) < 4.78 is 0. The third-order valence-electron chi connectivity index (χ3n) is 1.64. The van der Waals surface area contributed by atoms with E-state index in [0.717, 1.165) is 0 Å². The van der Waals surface area contributed by atoms with E-state index < -0.39 is 18.0 Å². The fourth-order valence-electron chi connectivity index (χ4n) is 0.896. The summed E-state index contributed by atoms with van der Waals surface area (Å²) in [6.45, 7) is 3.54. The van der Waals surface area contributed by atoms with Crippen LogP contribution in [0.2, 0.25) is 0 Å². The Morgan fingerprint density at radius 1 is 1.40 bits per heavy atom. The second-order valence-corrected chi connectivity index (χ2v) is 2.33. The Labute approximate surface area is 60.7 Å². The molecule has 0 aromatic carbocycles. The third-order valence-corrected chi connectivity index (χ3v) is 1.64. The lowest BCUT2D eigenvalue weighted by Gasteiger charge is -2.14. The Kier molecular flexibility index (Phi) is 4.03. The predicted molar refractivity (Wildman–Crippen MR) is 37.7 cm³/mol. The summed E-state index contributed by atoms with van der Waals surface area (Å²) >= 11 is 0. The number of carboxylic acid groups (broad SMARTS) is 1. The molecule has 0 rings (SSSR count). The highest BCUT2D eigenvalue weighted by Gasteiger charge is 2.22. The summed E-state index contributed by atoms with van der Waals surface area (Å²) in [5.74, 6) is -1.50. The van der Waals surface area contributed by atoms with Gasteiger partial charge < -0.3 is 10.2 Å². The van der Waals surface area contributed by atoms with Crippen LogP contribution in [0.3, 0.4) is 0 Å². The highest BCUT2D eigenvalue weighted by Crippen LogP contribution is 2.11. The van der Waals surface area contributed by atoms with Gasteiger partial charge in [0.2, 0.25) is 0 Å². The molecule has 0 aliphatic carbocycles. The van der Waals surface area contributed by atoms with Crippen molar-refractivity contribution >= 4 is 5.97 Å². The van der Waals surface area contributed by atoms with Crippen molar-refractivity contribution in [3.63, 3.8) is 0 Å². The molecule has 0 aliphatic heterocycles. The van der Waals surface area contributed by atoms with Crippen LogP contribution in [0.4, 0.5) is 0 Å². The number of aliphatic hydroxyl groups is 1. The summed E-state index contributed by atoms with van der Waals surface area (Å²) in [5, 5.41) is 17.6. The van der Waals surface area contributed by atoms with Crippen LogP contribution >= 0.6 is 0 Å². The third kappa shape index (κ3) is 2.35. The lowest BCUT2D eigenvalue weighted by Crippen LogP contribution is -2.26. The van der Waals surface area contributed by atoms with Gasteiger partial charge in [0.15, 0.2) is 0 Å². The zero-order valence-corrected chi connectivity index (χ0v) is 6.37. The topological polar surface area (TPSA) is 57.5 Å². The van der Waals surface area contributed by atoms with Gasteiger partial charge in [-0.05, 0) is 12.8 Å². The maximum atomic E-state index is 10.4. The van der Waals surface area contributed by atoms with E-state index in [-0.39, 0.29) is 0 Å². The predicted octanol–water partition coefficient (Wildman–Crippen LogP) is 0.868. The zero-order valence-electron chi connectivity index (χ0n) is 6.37. The van der Waals surface area contributed by atoms with E-state index >= 15 is 0 Å². The summed E-state index contributed by atoms with van der Waals surface area (Å²) in [6, 6.07) is 0.